The number of nitrogen functional groups attached to an aromatic ring is 1. The number of hydrogen-bond donors (Lipinski definition) is 3. The summed E-state index contributed by atoms with van der Waals surface area (Å²) in [5, 5.41) is 6.11. The molecule has 0 spiro atoms. The van der Waals surface area contributed by atoms with Crippen molar-refractivity contribution >= 4 is 33.1 Å². The van der Waals surface area contributed by atoms with E-state index >= 15 is 0 Å². The van der Waals surface area contributed by atoms with Gasteiger partial charge in [-0.3, -0.25) is 0 Å². The Hall–Kier alpha value is -2.35. The minimum absolute atomic E-state index is 0.156. The molecule has 0 aliphatic carbocycles. The Kier molecular flexibility index (Phi) is 4.27. The van der Waals surface area contributed by atoms with Gasteiger partial charge in [0.25, 0.3) is 0 Å². The van der Waals surface area contributed by atoms with Gasteiger partial charge in [0.15, 0.2) is 9.84 Å². The molecule has 0 aliphatic rings. The van der Waals surface area contributed by atoms with Gasteiger partial charge in [0, 0.05) is 24.6 Å². The highest BCUT2D eigenvalue weighted by molar-refractivity contribution is 7.90. The van der Waals surface area contributed by atoms with Crippen LogP contribution in [-0.4, -0.2) is 31.2 Å². The Balaban J connectivity index is 2.22. The fraction of sp³-hybridized carbons (Fsp3) is 0.231. The van der Waals surface area contributed by atoms with E-state index in [1.54, 1.807) is 18.2 Å². The number of nitrogens with zero attached hydrogens (tertiary/aromatic N) is 2. The Morgan fingerprint density at radius 3 is 2.33 bits per heavy atom. The van der Waals surface area contributed by atoms with Crippen LogP contribution in [0.5, 0.6) is 0 Å². The summed E-state index contributed by atoms with van der Waals surface area (Å²) < 4.78 is 22.8. The lowest BCUT2D eigenvalue weighted by atomic mass is 10.3. The molecule has 112 valence electrons. The molecule has 2 aromatic rings. The van der Waals surface area contributed by atoms with Crippen molar-refractivity contribution in [3.05, 3.63) is 30.3 Å². The predicted molar refractivity (Wildman–Crippen MR) is 83.4 cm³/mol. The lowest BCUT2D eigenvalue weighted by molar-refractivity contribution is 0.602. The zero-order chi connectivity index (χ0) is 15.5. The summed E-state index contributed by atoms with van der Waals surface area (Å²) in [6.07, 6.45) is 1.17. The van der Waals surface area contributed by atoms with E-state index in [0.717, 1.165) is 6.54 Å². The second-order valence-electron chi connectivity index (χ2n) is 4.45. The van der Waals surface area contributed by atoms with Crippen LogP contribution in [0.2, 0.25) is 0 Å². The molecule has 2 rings (SSSR count). The molecule has 1 heterocycles. The summed E-state index contributed by atoms with van der Waals surface area (Å²) in [6, 6.07) is 8.13. The van der Waals surface area contributed by atoms with Gasteiger partial charge in [-0.15, -0.1) is 0 Å². The van der Waals surface area contributed by atoms with E-state index < -0.39 is 9.84 Å². The number of nitrogens with one attached hydrogen (secondary N) is 2. The minimum Gasteiger partial charge on any atom is -0.370 e. The third kappa shape index (κ3) is 4.06. The molecule has 0 fully saturated rings. The van der Waals surface area contributed by atoms with Gasteiger partial charge in [0.2, 0.25) is 5.95 Å². The second kappa shape index (κ2) is 5.96. The largest absolute Gasteiger partial charge is 0.370 e. The van der Waals surface area contributed by atoms with E-state index in [2.05, 4.69) is 20.6 Å². The van der Waals surface area contributed by atoms with Crippen molar-refractivity contribution in [2.24, 2.45) is 0 Å². The molecule has 0 aliphatic heterocycles. The topological polar surface area (TPSA) is 110 Å². The van der Waals surface area contributed by atoms with Crippen LogP contribution >= 0.6 is 0 Å². The molecule has 0 amide bonds. The Labute approximate surface area is 123 Å². The molecular formula is C13H17N5O2S. The summed E-state index contributed by atoms with van der Waals surface area (Å²) in [5.74, 6) is 1.31. The fourth-order valence-electron chi connectivity index (χ4n) is 1.73. The van der Waals surface area contributed by atoms with E-state index in [4.69, 9.17) is 5.73 Å². The first-order chi connectivity index (χ1) is 9.88. The van der Waals surface area contributed by atoms with Crippen LogP contribution in [0, 0.1) is 0 Å². The Morgan fingerprint density at radius 1 is 1.14 bits per heavy atom. The molecule has 8 heteroatoms. The van der Waals surface area contributed by atoms with E-state index in [9.17, 15) is 8.42 Å². The van der Waals surface area contributed by atoms with E-state index in [0.29, 0.717) is 17.3 Å². The molecule has 1 aromatic carbocycles. The van der Waals surface area contributed by atoms with Crippen molar-refractivity contribution < 1.29 is 8.42 Å². The van der Waals surface area contributed by atoms with Gasteiger partial charge in [-0.25, -0.2) is 8.42 Å². The summed E-state index contributed by atoms with van der Waals surface area (Å²) >= 11 is 0. The summed E-state index contributed by atoms with van der Waals surface area (Å²) in [7, 11) is -3.20. The number of hydrogen-bond acceptors (Lipinski definition) is 7. The standard InChI is InChI=1S/C13H17N5O2S/c1-3-15-11-8-12(18-13(14)17-11)16-9-4-6-10(7-5-9)21(2,19)20/h4-8H,3H2,1-2H3,(H4,14,15,16,17,18). The first-order valence-electron chi connectivity index (χ1n) is 6.34. The van der Waals surface area contributed by atoms with Gasteiger partial charge in [-0.1, -0.05) is 0 Å². The average molecular weight is 307 g/mol. The molecule has 0 atom stereocenters. The molecule has 7 nitrogen and oxygen atoms in total. The number of nitrogens with two attached hydrogens (primary N) is 1. The van der Waals surface area contributed by atoms with Gasteiger partial charge in [-0.05, 0) is 31.2 Å². The molecule has 0 radical (unpaired) electrons. The van der Waals surface area contributed by atoms with Crippen LogP contribution in [0.4, 0.5) is 23.3 Å². The molecule has 0 unspecified atom stereocenters. The highest BCUT2D eigenvalue weighted by atomic mass is 32.2. The number of benzene rings is 1. The van der Waals surface area contributed by atoms with E-state index in [1.165, 1.54) is 18.4 Å². The lowest BCUT2D eigenvalue weighted by Crippen LogP contribution is -2.05. The monoisotopic (exact) mass is 307 g/mol. The first kappa shape index (κ1) is 15.0. The van der Waals surface area contributed by atoms with E-state index in [1.807, 2.05) is 6.92 Å². The number of sulfone groups is 1. The highest BCUT2D eigenvalue weighted by Gasteiger charge is 2.07. The zero-order valence-corrected chi connectivity index (χ0v) is 12.6. The van der Waals surface area contributed by atoms with Crippen molar-refractivity contribution in [2.75, 3.05) is 29.2 Å². The summed E-state index contributed by atoms with van der Waals surface area (Å²) in [4.78, 5) is 8.39. The van der Waals surface area contributed by atoms with Crippen LogP contribution < -0.4 is 16.4 Å². The maximum absolute atomic E-state index is 11.4. The van der Waals surface area contributed by atoms with Crippen molar-refractivity contribution in [1.29, 1.82) is 0 Å². The fourth-order valence-corrected chi connectivity index (χ4v) is 2.37. The SMILES string of the molecule is CCNc1cc(Nc2ccc(S(C)(=O)=O)cc2)nc(N)n1. The van der Waals surface area contributed by atoms with Gasteiger partial charge in [-0.2, -0.15) is 9.97 Å². The minimum atomic E-state index is -3.20. The van der Waals surface area contributed by atoms with Gasteiger partial charge in [0.1, 0.15) is 11.6 Å². The number of anilines is 4. The van der Waals surface area contributed by atoms with Crippen molar-refractivity contribution in [2.45, 2.75) is 11.8 Å². The maximum atomic E-state index is 11.4. The quantitative estimate of drug-likeness (QED) is 0.770. The molecule has 0 saturated carbocycles. The molecule has 0 bridgehead atoms. The predicted octanol–water partition coefficient (Wildman–Crippen LogP) is 1.64. The van der Waals surface area contributed by atoms with Crippen LogP contribution in [0.1, 0.15) is 6.92 Å². The van der Waals surface area contributed by atoms with Crippen LogP contribution in [0.3, 0.4) is 0 Å². The smallest absolute Gasteiger partial charge is 0.223 e. The third-order valence-electron chi connectivity index (χ3n) is 2.66. The van der Waals surface area contributed by atoms with Crippen LogP contribution in [0.15, 0.2) is 35.2 Å². The van der Waals surface area contributed by atoms with Crippen LogP contribution in [0.25, 0.3) is 0 Å². The molecule has 0 saturated heterocycles. The summed E-state index contributed by atoms with van der Waals surface area (Å²) in [6.45, 7) is 2.67. The zero-order valence-electron chi connectivity index (χ0n) is 11.8. The number of rotatable bonds is 5. The Bertz CT molecular complexity index is 729. The summed E-state index contributed by atoms with van der Waals surface area (Å²) in [5.41, 5.74) is 6.35. The van der Waals surface area contributed by atoms with Gasteiger partial charge < -0.3 is 16.4 Å². The third-order valence-corrected chi connectivity index (χ3v) is 3.78. The average Bonchev–Trinajstić information content (AvgIpc) is 2.38. The van der Waals surface area contributed by atoms with E-state index in [-0.39, 0.29) is 10.8 Å². The normalized spacial score (nSPS) is 11.1. The molecule has 4 N–H and O–H groups in total. The molecule has 1 aromatic heterocycles. The van der Waals surface area contributed by atoms with Gasteiger partial charge >= 0.3 is 0 Å². The van der Waals surface area contributed by atoms with Crippen molar-refractivity contribution in [1.82, 2.24) is 9.97 Å². The number of aromatic nitrogens is 2. The van der Waals surface area contributed by atoms with Gasteiger partial charge in [0.05, 0.1) is 4.90 Å². The molecular weight excluding hydrogens is 290 g/mol. The Morgan fingerprint density at radius 2 is 1.76 bits per heavy atom. The van der Waals surface area contributed by atoms with Crippen molar-refractivity contribution in [3.8, 4) is 0 Å². The van der Waals surface area contributed by atoms with Crippen LogP contribution in [-0.2, 0) is 9.84 Å². The lowest BCUT2D eigenvalue weighted by Gasteiger charge is -2.09. The second-order valence-corrected chi connectivity index (χ2v) is 6.46. The highest BCUT2D eigenvalue weighted by Crippen LogP contribution is 2.20. The molecule has 21 heavy (non-hydrogen) atoms. The van der Waals surface area contributed by atoms with Crippen molar-refractivity contribution in [3.63, 3.8) is 0 Å². The maximum Gasteiger partial charge on any atom is 0.223 e. The first-order valence-corrected chi connectivity index (χ1v) is 8.23.